The number of unbranched alkanes of at least 4 members (excludes halogenated alkanes) is 2. The fourth-order valence-corrected chi connectivity index (χ4v) is 1.51. The zero-order valence-electron chi connectivity index (χ0n) is 9.13. The van der Waals surface area contributed by atoms with Crippen molar-refractivity contribution in [2.24, 2.45) is 0 Å². The fourth-order valence-electron chi connectivity index (χ4n) is 1.51. The Balaban J connectivity index is 2.28. The van der Waals surface area contributed by atoms with E-state index in [-0.39, 0.29) is 12.7 Å². The third-order valence-corrected chi connectivity index (χ3v) is 2.38. The van der Waals surface area contributed by atoms with E-state index in [9.17, 15) is 0 Å². The lowest BCUT2D eigenvalue weighted by molar-refractivity contribution is -0.165. The van der Waals surface area contributed by atoms with Crippen LogP contribution in [0.5, 0.6) is 0 Å². The molecule has 0 spiro atoms. The molecule has 0 amide bonds. The van der Waals surface area contributed by atoms with E-state index in [1.54, 1.807) is 6.08 Å². The number of rotatable bonds is 6. The average molecular weight is 216 g/mol. The lowest BCUT2D eigenvalue weighted by Gasteiger charge is -2.28. The van der Waals surface area contributed by atoms with Crippen LogP contribution in [0.3, 0.4) is 0 Å². The maximum Gasteiger partial charge on any atom is 0.174 e. The van der Waals surface area contributed by atoms with Crippen molar-refractivity contribution in [3.05, 3.63) is 12.2 Å². The van der Waals surface area contributed by atoms with Gasteiger partial charge in [0.1, 0.15) is 12.2 Å². The summed E-state index contributed by atoms with van der Waals surface area (Å²) in [5, 5.41) is 18.2. The molecule has 1 aliphatic rings. The first-order chi connectivity index (χ1) is 7.27. The summed E-state index contributed by atoms with van der Waals surface area (Å²) in [6.45, 7) is 2.66. The Bertz CT molecular complexity index is 193. The summed E-state index contributed by atoms with van der Waals surface area (Å²) in [5.41, 5.74) is 0. The summed E-state index contributed by atoms with van der Waals surface area (Å²) >= 11 is 0. The summed E-state index contributed by atoms with van der Waals surface area (Å²) in [7, 11) is 0. The Kier molecular flexibility index (Phi) is 5.86. The molecule has 0 saturated carbocycles. The molecule has 0 bridgehead atoms. The second kappa shape index (κ2) is 6.95. The van der Waals surface area contributed by atoms with Gasteiger partial charge >= 0.3 is 0 Å². The Morgan fingerprint density at radius 2 is 2.13 bits per heavy atom. The van der Waals surface area contributed by atoms with Gasteiger partial charge in [-0.25, -0.2) is 0 Å². The Hall–Kier alpha value is -0.420. The smallest absolute Gasteiger partial charge is 0.174 e. The van der Waals surface area contributed by atoms with Crippen molar-refractivity contribution in [3.63, 3.8) is 0 Å². The first-order valence-corrected chi connectivity index (χ1v) is 5.52. The highest BCUT2D eigenvalue weighted by atomic mass is 16.6. The SMILES string of the molecule is CCCCCO[C@H]1C=C[C@@H](O)O[C@@H]1CO. The van der Waals surface area contributed by atoms with Gasteiger partial charge in [-0.05, 0) is 12.5 Å². The van der Waals surface area contributed by atoms with E-state index >= 15 is 0 Å². The molecule has 88 valence electrons. The van der Waals surface area contributed by atoms with Crippen molar-refractivity contribution < 1.29 is 19.7 Å². The molecule has 4 heteroatoms. The molecule has 0 unspecified atom stereocenters. The molecule has 0 saturated heterocycles. The van der Waals surface area contributed by atoms with Gasteiger partial charge in [-0.3, -0.25) is 0 Å². The highest BCUT2D eigenvalue weighted by Gasteiger charge is 2.25. The summed E-state index contributed by atoms with van der Waals surface area (Å²) in [5.74, 6) is 0. The predicted molar refractivity (Wildman–Crippen MR) is 56.4 cm³/mol. The Morgan fingerprint density at radius 1 is 1.33 bits per heavy atom. The van der Waals surface area contributed by atoms with E-state index < -0.39 is 12.4 Å². The zero-order valence-corrected chi connectivity index (χ0v) is 9.13. The lowest BCUT2D eigenvalue weighted by atomic mass is 10.1. The van der Waals surface area contributed by atoms with Crippen LogP contribution in [-0.2, 0) is 9.47 Å². The van der Waals surface area contributed by atoms with Crippen LogP contribution >= 0.6 is 0 Å². The zero-order chi connectivity index (χ0) is 11.1. The molecule has 0 aromatic rings. The Labute approximate surface area is 90.5 Å². The molecule has 2 N–H and O–H groups in total. The second-order valence-corrected chi connectivity index (χ2v) is 3.68. The van der Waals surface area contributed by atoms with Crippen LogP contribution in [-0.4, -0.2) is 41.9 Å². The van der Waals surface area contributed by atoms with E-state index in [2.05, 4.69) is 6.92 Å². The van der Waals surface area contributed by atoms with Crippen molar-refractivity contribution in [1.82, 2.24) is 0 Å². The molecule has 1 heterocycles. The molecule has 0 aromatic heterocycles. The van der Waals surface area contributed by atoms with Gasteiger partial charge in [-0.15, -0.1) is 0 Å². The summed E-state index contributed by atoms with van der Waals surface area (Å²) < 4.78 is 10.7. The van der Waals surface area contributed by atoms with Crippen molar-refractivity contribution in [1.29, 1.82) is 0 Å². The van der Waals surface area contributed by atoms with Crippen LogP contribution in [0.2, 0.25) is 0 Å². The van der Waals surface area contributed by atoms with Crippen LogP contribution < -0.4 is 0 Å². The minimum atomic E-state index is -0.919. The lowest BCUT2D eigenvalue weighted by Crippen LogP contribution is -2.39. The molecule has 0 fully saturated rings. The molecule has 0 aromatic carbocycles. The van der Waals surface area contributed by atoms with Crippen LogP contribution in [0.4, 0.5) is 0 Å². The van der Waals surface area contributed by atoms with Gasteiger partial charge in [0, 0.05) is 6.61 Å². The predicted octanol–water partition coefficient (Wildman–Crippen LogP) is 0.827. The monoisotopic (exact) mass is 216 g/mol. The van der Waals surface area contributed by atoms with E-state index in [0.29, 0.717) is 6.61 Å². The quantitative estimate of drug-likeness (QED) is 0.510. The van der Waals surface area contributed by atoms with E-state index in [4.69, 9.17) is 19.7 Å². The third kappa shape index (κ3) is 4.30. The van der Waals surface area contributed by atoms with Crippen molar-refractivity contribution in [3.8, 4) is 0 Å². The summed E-state index contributed by atoms with van der Waals surface area (Å²) in [6, 6.07) is 0. The summed E-state index contributed by atoms with van der Waals surface area (Å²) in [4.78, 5) is 0. The summed E-state index contributed by atoms with van der Waals surface area (Å²) in [6.07, 6.45) is 4.99. The number of hydrogen-bond acceptors (Lipinski definition) is 4. The van der Waals surface area contributed by atoms with Gasteiger partial charge < -0.3 is 19.7 Å². The molecule has 0 aliphatic carbocycles. The fraction of sp³-hybridized carbons (Fsp3) is 0.818. The standard InChI is InChI=1S/C11H20O4/c1-2-3-4-7-14-9-5-6-11(13)15-10(9)8-12/h5-6,9-13H,2-4,7-8H2,1H3/t9-,10+,11-/m0/s1. The normalized spacial score (nSPS) is 30.7. The molecule has 15 heavy (non-hydrogen) atoms. The third-order valence-electron chi connectivity index (χ3n) is 2.38. The van der Waals surface area contributed by atoms with Crippen molar-refractivity contribution in [2.45, 2.75) is 44.7 Å². The maximum absolute atomic E-state index is 9.16. The molecule has 4 nitrogen and oxygen atoms in total. The van der Waals surface area contributed by atoms with Gasteiger partial charge in [0.15, 0.2) is 6.29 Å². The average Bonchev–Trinajstić information content (AvgIpc) is 2.26. The first kappa shape index (κ1) is 12.6. The molecule has 3 atom stereocenters. The van der Waals surface area contributed by atoms with E-state index in [0.717, 1.165) is 19.3 Å². The van der Waals surface area contributed by atoms with Crippen molar-refractivity contribution >= 4 is 0 Å². The number of aliphatic hydroxyl groups excluding tert-OH is 2. The van der Waals surface area contributed by atoms with Crippen LogP contribution in [0.1, 0.15) is 26.2 Å². The highest BCUT2D eigenvalue weighted by Crippen LogP contribution is 2.14. The minimum absolute atomic E-state index is 0.139. The van der Waals surface area contributed by atoms with Gasteiger partial charge in [0.05, 0.1) is 6.61 Å². The van der Waals surface area contributed by atoms with Crippen LogP contribution in [0.15, 0.2) is 12.2 Å². The minimum Gasteiger partial charge on any atom is -0.394 e. The molecular formula is C11H20O4. The first-order valence-electron chi connectivity index (χ1n) is 5.52. The van der Waals surface area contributed by atoms with Gasteiger partial charge in [-0.1, -0.05) is 25.8 Å². The maximum atomic E-state index is 9.16. The topological polar surface area (TPSA) is 58.9 Å². The van der Waals surface area contributed by atoms with Gasteiger partial charge in [0.2, 0.25) is 0 Å². The number of hydrogen-bond donors (Lipinski definition) is 2. The van der Waals surface area contributed by atoms with E-state index in [1.807, 2.05) is 0 Å². The van der Waals surface area contributed by atoms with Gasteiger partial charge in [0.25, 0.3) is 0 Å². The largest absolute Gasteiger partial charge is 0.394 e. The number of aliphatic hydroxyl groups is 2. The van der Waals surface area contributed by atoms with Crippen LogP contribution in [0, 0.1) is 0 Å². The van der Waals surface area contributed by atoms with E-state index in [1.165, 1.54) is 6.08 Å². The molecule has 0 radical (unpaired) electrons. The van der Waals surface area contributed by atoms with Crippen molar-refractivity contribution in [2.75, 3.05) is 13.2 Å². The molecule has 1 aliphatic heterocycles. The highest BCUT2D eigenvalue weighted by molar-refractivity contribution is 5.00. The number of ether oxygens (including phenoxy) is 2. The molecular weight excluding hydrogens is 196 g/mol. The van der Waals surface area contributed by atoms with Gasteiger partial charge in [-0.2, -0.15) is 0 Å². The molecule has 1 rings (SSSR count). The second-order valence-electron chi connectivity index (χ2n) is 3.68. The Morgan fingerprint density at radius 3 is 2.80 bits per heavy atom. The van der Waals surface area contributed by atoms with Crippen LogP contribution in [0.25, 0.3) is 0 Å².